The fourth-order valence-electron chi connectivity index (χ4n) is 1.21. The summed E-state index contributed by atoms with van der Waals surface area (Å²) in [5.41, 5.74) is 0.464. The number of aliphatic hydroxyl groups excluding tert-OH is 1. The van der Waals surface area contributed by atoms with Gasteiger partial charge in [0.1, 0.15) is 5.82 Å². The van der Waals surface area contributed by atoms with Crippen molar-refractivity contribution in [1.29, 1.82) is 0 Å². The standard InChI is InChI=1S/C10H13ClFNO/c1-13(5-2-6-14)10-7-8(11)3-4-9(10)12/h3-4,7,14H,2,5-6H2,1H3. The quantitative estimate of drug-likeness (QED) is 0.837. The lowest BCUT2D eigenvalue weighted by atomic mass is 10.2. The van der Waals surface area contributed by atoms with Crippen LogP contribution in [0, 0.1) is 5.82 Å². The van der Waals surface area contributed by atoms with E-state index in [9.17, 15) is 4.39 Å². The lowest BCUT2D eigenvalue weighted by Crippen LogP contribution is -2.20. The zero-order valence-electron chi connectivity index (χ0n) is 8.00. The minimum absolute atomic E-state index is 0.104. The second-order valence-corrected chi connectivity index (χ2v) is 3.53. The first kappa shape index (κ1) is 11.3. The Balaban J connectivity index is 2.77. The van der Waals surface area contributed by atoms with Crippen LogP contribution in [-0.2, 0) is 0 Å². The van der Waals surface area contributed by atoms with Gasteiger partial charge in [0.2, 0.25) is 0 Å². The van der Waals surface area contributed by atoms with Gasteiger partial charge in [0.25, 0.3) is 0 Å². The minimum Gasteiger partial charge on any atom is -0.396 e. The maximum atomic E-state index is 13.3. The Bertz CT molecular complexity index is 306. The number of rotatable bonds is 4. The molecule has 0 aliphatic carbocycles. The van der Waals surface area contributed by atoms with E-state index in [1.807, 2.05) is 0 Å². The van der Waals surface area contributed by atoms with Gasteiger partial charge in [-0.05, 0) is 24.6 Å². The summed E-state index contributed by atoms with van der Waals surface area (Å²) in [6.07, 6.45) is 0.614. The summed E-state index contributed by atoms with van der Waals surface area (Å²) in [5, 5.41) is 9.15. The van der Waals surface area contributed by atoms with Crippen molar-refractivity contribution in [3.05, 3.63) is 29.0 Å². The smallest absolute Gasteiger partial charge is 0.146 e. The molecule has 2 nitrogen and oxygen atoms in total. The molecule has 0 bridgehead atoms. The zero-order chi connectivity index (χ0) is 10.6. The van der Waals surface area contributed by atoms with Gasteiger partial charge >= 0.3 is 0 Å². The number of halogens is 2. The Hall–Kier alpha value is -0.800. The molecule has 1 rings (SSSR count). The van der Waals surface area contributed by atoms with Gasteiger partial charge in [-0.3, -0.25) is 0 Å². The van der Waals surface area contributed by atoms with Gasteiger partial charge in [-0.25, -0.2) is 4.39 Å². The Morgan fingerprint density at radius 1 is 1.50 bits per heavy atom. The summed E-state index contributed by atoms with van der Waals surface area (Å²) in [6.45, 7) is 0.709. The van der Waals surface area contributed by atoms with Crippen molar-refractivity contribution in [1.82, 2.24) is 0 Å². The fourth-order valence-corrected chi connectivity index (χ4v) is 1.37. The summed E-state index contributed by atoms with van der Waals surface area (Å²) in [6, 6.07) is 4.43. The number of aliphatic hydroxyl groups is 1. The van der Waals surface area contributed by atoms with Gasteiger partial charge in [-0.2, -0.15) is 0 Å². The third-order valence-corrected chi connectivity index (χ3v) is 2.21. The van der Waals surface area contributed by atoms with E-state index in [4.69, 9.17) is 16.7 Å². The lowest BCUT2D eigenvalue weighted by molar-refractivity contribution is 0.290. The Labute approximate surface area is 87.9 Å². The van der Waals surface area contributed by atoms with E-state index in [1.165, 1.54) is 12.1 Å². The molecule has 0 aliphatic heterocycles. The van der Waals surface area contributed by atoms with Crippen LogP contribution in [0.25, 0.3) is 0 Å². The first-order valence-electron chi connectivity index (χ1n) is 4.42. The molecule has 14 heavy (non-hydrogen) atoms. The Kier molecular flexibility index (Phi) is 4.17. The van der Waals surface area contributed by atoms with Crippen molar-refractivity contribution >= 4 is 17.3 Å². The highest BCUT2D eigenvalue weighted by molar-refractivity contribution is 6.30. The predicted octanol–water partition coefficient (Wildman–Crippen LogP) is 2.30. The van der Waals surface area contributed by atoms with E-state index in [0.29, 0.717) is 23.7 Å². The van der Waals surface area contributed by atoms with E-state index in [2.05, 4.69) is 0 Å². The molecule has 0 heterocycles. The van der Waals surface area contributed by atoms with Crippen molar-refractivity contribution in [2.45, 2.75) is 6.42 Å². The molecule has 0 radical (unpaired) electrons. The van der Waals surface area contributed by atoms with Crippen molar-refractivity contribution in [2.75, 3.05) is 25.1 Å². The van der Waals surface area contributed by atoms with Crippen molar-refractivity contribution < 1.29 is 9.50 Å². The van der Waals surface area contributed by atoms with E-state index in [-0.39, 0.29) is 12.4 Å². The second kappa shape index (κ2) is 5.17. The average molecular weight is 218 g/mol. The number of benzene rings is 1. The molecule has 78 valence electrons. The largest absolute Gasteiger partial charge is 0.396 e. The van der Waals surface area contributed by atoms with Crippen LogP contribution in [0.3, 0.4) is 0 Å². The lowest BCUT2D eigenvalue weighted by Gasteiger charge is -2.19. The van der Waals surface area contributed by atoms with Crippen LogP contribution >= 0.6 is 11.6 Å². The minimum atomic E-state index is -0.296. The average Bonchev–Trinajstić information content (AvgIpc) is 2.18. The van der Waals surface area contributed by atoms with Crippen LogP contribution in [0.15, 0.2) is 18.2 Å². The van der Waals surface area contributed by atoms with Gasteiger partial charge in [-0.15, -0.1) is 0 Å². The summed E-state index contributed by atoms with van der Waals surface area (Å²) >= 11 is 5.75. The molecule has 0 aliphatic rings. The molecule has 0 unspecified atom stereocenters. The van der Waals surface area contributed by atoms with Crippen molar-refractivity contribution in [2.24, 2.45) is 0 Å². The predicted molar refractivity (Wildman–Crippen MR) is 56.4 cm³/mol. The number of hydrogen-bond donors (Lipinski definition) is 1. The van der Waals surface area contributed by atoms with Crippen LogP contribution in [0.1, 0.15) is 6.42 Å². The molecule has 0 aromatic heterocycles. The molecule has 1 N–H and O–H groups in total. The normalized spacial score (nSPS) is 10.3. The summed E-state index contributed by atoms with van der Waals surface area (Å²) < 4.78 is 13.3. The van der Waals surface area contributed by atoms with Gasteiger partial charge in [-0.1, -0.05) is 11.6 Å². The SMILES string of the molecule is CN(CCCO)c1cc(Cl)ccc1F. The van der Waals surface area contributed by atoms with Crippen LogP contribution in [-0.4, -0.2) is 25.3 Å². The van der Waals surface area contributed by atoms with Gasteiger partial charge < -0.3 is 10.0 Å². The van der Waals surface area contributed by atoms with Gasteiger partial charge in [0, 0.05) is 25.2 Å². The topological polar surface area (TPSA) is 23.5 Å². The van der Waals surface area contributed by atoms with E-state index < -0.39 is 0 Å². The summed E-state index contributed by atoms with van der Waals surface area (Å²) in [4.78, 5) is 1.73. The molecule has 0 spiro atoms. The molecule has 0 saturated carbocycles. The van der Waals surface area contributed by atoms with E-state index in [0.717, 1.165) is 0 Å². The van der Waals surface area contributed by atoms with Crippen molar-refractivity contribution in [3.8, 4) is 0 Å². The highest BCUT2D eigenvalue weighted by atomic mass is 35.5. The van der Waals surface area contributed by atoms with E-state index in [1.54, 1.807) is 18.0 Å². The first-order chi connectivity index (χ1) is 6.65. The van der Waals surface area contributed by atoms with E-state index >= 15 is 0 Å². The maximum Gasteiger partial charge on any atom is 0.146 e. The Morgan fingerprint density at radius 3 is 2.86 bits per heavy atom. The van der Waals surface area contributed by atoms with Gasteiger partial charge in [0.15, 0.2) is 0 Å². The summed E-state index contributed by atoms with van der Waals surface area (Å²) in [5.74, 6) is -0.296. The molecule has 4 heteroatoms. The number of anilines is 1. The highest BCUT2D eigenvalue weighted by Crippen LogP contribution is 2.22. The Morgan fingerprint density at radius 2 is 2.21 bits per heavy atom. The molecule has 0 saturated heterocycles. The second-order valence-electron chi connectivity index (χ2n) is 3.09. The maximum absolute atomic E-state index is 13.3. The van der Waals surface area contributed by atoms with Crippen LogP contribution < -0.4 is 4.90 Å². The number of hydrogen-bond acceptors (Lipinski definition) is 2. The fraction of sp³-hybridized carbons (Fsp3) is 0.400. The van der Waals surface area contributed by atoms with Crippen LogP contribution in [0.2, 0.25) is 5.02 Å². The first-order valence-corrected chi connectivity index (χ1v) is 4.80. The summed E-state index contributed by atoms with van der Waals surface area (Å²) in [7, 11) is 1.77. The molecule has 0 amide bonds. The zero-order valence-corrected chi connectivity index (χ0v) is 8.76. The molecular weight excluding hydrogens is 205 g/mol. The molecule has 0 atom stereocenters. The van der Waals surface area contributed by atoms with Crippen molar-refractivity contribution in [3.63, 3.8) is 0 Å². The van der Waals surface area contributed by atoms with Crippen LogP contribution in [0.5, 0.6) is 0 Å². The molecule has 1 aromatic carbocycles. The molecule has 1 aromatic rings. The highest BCUT2D eigenvalue weighted by Gasteiger charge is 2.07. The molecular formula is C10H13ClFNO. The monoisotopic (exact) mass is 217 g/mol. The van der Waals surface area contributed by atoms with Gasteiger partial charge in [0.05, 0.1) is 5.69 Å². The third-order valence-electron chi connectivity index (χ3n) is 1.97. The molecule has 0 fully saturated rings. The van der Waals surface area contributed by atoms with Crippen LogP contribution in [0.4, 0.5) is 10.1 Å². The third kappa shape index (κ3) is 2.86. The number of nitrogens with zero attached hydrogens (tertiary/aromatic N) is 1.